The second kappa shape index (κ2) is 16.0. The fourth-order valence-corrected chi connectivity index (χ4v) is 7.14. The molecule has 4 nitrogen and oxygen atoms in total. The number of phenolic OH excluding ortho intramolecular Hbond substituents is 1. The first-order valence-electron chi connectivity index (χ1n) is 15.2. The smallest absolute Gasteiger partial charge is 0.453 e. The summed E-state index contributed by atoms with van der Waals surface area (Å²) in [6, 6.07) is 16.3. The number of halogens is 5. The number of aryl methyl sites for hydroxylation is 1. The van der Waals surface area contributed by atoms with E-state index in [1.807, 2.05) is 19.2 Å². The van der Waals surface area contributed by atoms with E-state index in [-0.39, 0.29) is 5.75 Å². The van der Waals surface area contributed by atoms with E-state index in [9.17, 15) is 35.5 Å². The molecular weight excluding hydrogens is 585 g/mol. The number of hydrogen-bond donors (Lipinski definition) is 1. The van der Waals surface area contributed by atoms with Gasteiger partial charge in [0.1, 0.15) is 15.6 Å². The summed E-state index contributed by atoms with van der Waals surface area (Å²) in [7, 11) is -1.69. The Bertz CT molecular complexity index is 1290. The molecule has 0 spiro atoms. The number of hydrogen-bond acceptors (Lipinski definition) is 4. The number of aromatic hydroxyl groups is 1. The van der Waals surface area contributed by atoms with Crippen LogP contribution in [0, 0.1) is 0 Å². The largest absolute Gasteiger partial charge is 0.508 e. The van der Waals surface area contributed by atoms with Crippen molar-refractivity contribution in [1.29, 1.82) is 0 Å². The van der Waals surface area contributed by atoms with Crippen LogP contribution in [0.4, 0.5) is 22.0 Å². The lowest BCUT2D eigenvalue weighted by molar-refractivity contribution is -0.284. The molecule has 0 saturated heterocycles. The molecule has 0 bridgehead atoms. The number of allylic oxidation sites excluding steroid dienone is 2. The van der Waals surface area contributed by atoms with Crippen molar-refractivity contribution in [3.8, 4) is 5.75 Å². The monoisotopic (exact) mass is 629 g/mol. The second-order valence-corrected chi connectivity index (χ2v) is 14.0. The summed E-state index contributed by atoms with van der Waals surface area (Å²) in [5.41, 5.74) is 6.48. The third-order valence-corrected chi connectivity index (χ3v) is 9.92. The average molecular weight is 630 g/mol. The van der Waals surface area contributed by atoms with Crippen LogP contribution in [0.2, 0.25) is 0 Å². The molecule has 1 N–H and O–H groups in total. The Morgan fingerprint density at radius 2 is 1.47 bits per heavy atom. The van der Waals surface area contributed by atoms with Crippen LogP contribution in [0.15, 0.2) is 48.5 Å². The van der Waals surface area contributed by atoms with Crippen molar-refractivity contribution >= 4 is 21.0 Å². The molecule has 0 fully saturated rings. The van der Waals surface area contributed by atoms with E-state index in [0.717, 1.165) is 57.9 Å². The molecule has 0 radical (unpaired) electrons. The molecule has 2 aromatic carbocycles. The highest BCUT2D eigenvalue weighted by atomic mass is 32.2. The first kappa shape index (κ1) is 35.0. The van der Waals surface area contributed by atoms with Gasteiger partial charge in [-0.1, -0.05) is 49.2 Å². The summed E-state index contributed by atoms with van der Waals surface area (Å²) >= 11 is 0. The molecule has 0 heterocycles. The first-order valence-corrected chi connectivity index (χ1v) is 17.0. The van der Waals surface area contributed by atoms with E-state index in [1.54, 1.807) is 6.07 Å². The lowest BCUT2D eigenvalue weighted by Crippen LogP contribution is -2.36. The normalized spacial score (nSPS) is 14.7. The van der Waals surface area contributed by atoms with E-state index in [0.29, 0.717) is 25.1 Å². The number of unbranched alkanes of at least 4 members (excludes halogenated alkanes) is 4. The van der Waals surface area contributed by atoms with Gasteiger partial charge < -0.3 is 10.0 Å². The standard InChI is InChI=1S/C33H44F5NO3S/c1-39(22-9-10-23-43(41,42)24-12-20-32(34,35)33(36,37)38)21-8-3-2-7-16-31-29(26-13-5-4-6-14-26)17-11-15-27-25-28(40)18-19-30(27)31/h4-6,13-14,18-19,25,40H,2-3,7-12,15-17,20-24H2,1H3. The van der Waals surface area contributed by atoms with Crippen LogP contribution in [0.3, 0.4) is 0 Å². The lowest BCUT2D eigenvalue weighted by Gasteiger charge is -2.19. The molecule has 0 amide bonds. The number of benzene rings is 2. The SMILES string of the molecule is CN(CCCCCCC1=C(c2ccccc2)CCCc2cc(O)ccc21)CCCCS(=O)(=O)CCCC(F)(F)C(F)(F)F. The van der Waals surface area contributed by atoms with Gasteiger partial charge in [-0.15, -0.1) is 0 Å². The van der Waals surface area contributed by atoms with Crippen molar-refractivity contribution in [2.45, 2.75) is 89.1 Å². The molecule has 3 rings (SSSR count). The Morgan fingerprint density at radius 1 is 0.814 bits per heavy atom. The highest BCUT2D eigenvalue weighted by Gasteiger charge is 2.56. The summed E-state index contributed by atoms with van der Waals surface area (Å²) in [5, 5.41) is 10.0. The fraction of sp³-hybridized carbons (Fsp3) is 0.576. The van der Waals surface area contributed by atoms with Gasteiger partial charge >= 0.3 is 12.1 Å². The Labute approximate surface area is 252 Å². The van der Waals surface area contributed by atoms with E-state index >= 15 is 0 Å². The van der Waals surface area contributed by atoms with Crippen LogP contribution in [0.5, 0.6) is 5.75 Å². The number of sulfone groups is 1. The van der Waals surface area contributed by atoms with Gasteiger partial charge in [0.05, 0.1) is 11.5 Å². The fourth-order valence-electron chi connectivity index (χ4n) is 5.70. The van der Waals surface area contributed by atoms with Crippen LogP contribution in [0.1, 0.15) is 87.3 Å². The zero-order valence-corrected chi connectivity index (χ0v) is 25.8. The lowest BCUT2D eigenvalue weighted by atomic mass is 9.89. The molecule has 0 atom stereocenters. The van der Waals surface area contributed by atoms with Crippen LogP contribution in [-0.2, 0) is 16.3 Å². The van der Waals surface area contributed by atoms with E-state index < -0.39 is 40.5 Å². The number of fused-ring (bicyclic) bond motifs is 1. The summed E-state index contributed by atoms with van der Waals surface area (Å²) in [6.07, 6.45) is 1.27. The molecule has 0 aromatic heterocycles. The van der Waals surface area contributed by atoms with Crippen molar-refractivity contribution in [3.63, 3.8) is 0 Å². The van der Waals surface area contributed by atoms with Crippen molar-refractivity contribution in [3.05, 3.63) is 65.2 Å². The van der Waals surface area contributed by atoms with E-state index in [2.05, 4.69) is 35.2 Å². The molecular formula is C33H44F5NO3S. The third-order valence-electron chi connectivity index (χ3n) is 8.10. The predicted octanol–water partition coefficient (Wildman–Crippen LogP) is 8.69. The van der Waals surface area contributed by atoms with Gasteiger partial charge in [0, 0.05) is 6.42 Å². The third kappa shape index (κ3) is 11.2. The number of phenols is 1. The van der Waals surface area contributed by atoms with Crippen molar-refractivity contribution in [1.82, 2.24) is 4.90 Å². The quantitative estimate of drug-likeness (QED) is 0.141. The maximum absolute atomic E-state index is 13.0. The maximum atomic E-state index is 13.0. The van der Waals surface area contributed by atoms with Gasteiger partial charge in [-0.25, -0.2) is 8.42 Å². The van der Waals surface area contributed by atoms with E-state index in [1.165, 1.54) is 27.8 Å². The van der Waals surface area contributed by atoms with Gasteiger partial charge in [-0.3, -0.25) is 0 Å². The zero-order valence-electron chi connectivity index (χ0n) is 24.9. The zero-order chi connectivity index (χ0) is 31.5. The Balaban J connectivity index is 1.37. The molecule has 1 aliphatic rings. The minimum atomic E-state index is -5.66. The van der Waals surface area contributed by atoms with Gasteiger partial charge in [-0.05, 0) is 118 Å². The number of alkyl halides is 5. The Morgan fingerprint density at radius 3 is 2.16 bits per heavy atom. The molecule has 0 unspecified atom stereocenters. The number of nitrogens with zero attached hydrogens (tertiary/aromatic N) is 1. The summed E-state index contributed by atoms with van der Waals surface area (Å²) < 4.78 is 86.8. The minimum absolute atomic E-state index is 0.206. The second-order valence-electron chi connectivity index (χ2n) is 11.7. The van der Waals surface area contributed by atoms with Gasteiger partial charge in [0.25, 0.3) is 0 Å². The van der Waals surface area contributed by atoms with Gasteiger partial charge in [0.2, 0.25) is 0 Å². The molecule has 43 heavy (non-hydrogen) atoms. The summed E-state index contributed by atoms with van der Waals surface area (Å²) in [4.78, 5) is 2.14. The van der Waals surface area contributed by atoms with Gasteiger partial charge in [-0.2, -0.15) is 22.0 Å². The highest BCUT2D eigenvalue weighted by molar-refractivity contribution is 7.91. The predicted molar refractivity (Wildman–Crippen MR) is 163 cm³/mol. The van der Waals surface area contributed by atoms with Crippen molar-refractivity contribution < 1.29 is 35.5 Å². The highest BCUT2D eigenvalue weighted by Crippen LogP contribution is 2.40. The first-order chi connectivity index (χ1) is 20.3. The van der Waals surface area contributed by atoms with Crippen molar-refractivity contribution in [2.24, 2.45) is 0 Å². The topological polar surface area (TPSA) is 57.6 Å². The van der Waals surface area contributed by atoms with Crippen molar-refractivity contribution in [2.75, 3.05) is 31.6 Å². The summed E-state index contributed by atoms with van der Waals surface area (Å²) in [5.74, 6) is -5.42. The van der Waals surface area contributed by atoms with Crippen LogP contribution < -0.4 is 0 Å². The van der Waals surface area contributed by atoms with E-state index in [4.69, 9.17) is 0 Å². The van der Waals surface area contributed by atoms with Crippen LogP contribution in [-0.4, -0.2) is 62.2 Å². The van der Waals surface area contributed by atoms with Gasteiger partial charge in [0.15, 0.2) is 0 Å². The Kier molecular flexibility index (Phi) is 13.1. The van der Waals surface area contributed by atoms with Crippen LogP contribution in [0.25, 0.3) is 11.1 Å². The summed E-state index contributed by atoms with van der Waals surface area (Å²) in [6.45, 7) is 1.57. The molecule has 10 heteroatoms. The molecule has 0 saturated carbocycles. The molecule has 0 aliphatic heterocycles. The number of rotatable bonds is 17. The minimum Gasteiger partial charge on any atom is -0.508 e. The molecule has 2 aromatic rings. The molecule has 240 valence electrons. The Hall–Kier alpha value is -2.46. The van der Waals surface area contributed by atoms with Crippen LogP contribution >= 0.6 is 0 Å². The average Bonchev–Trinajstić information content (AvgIpc) is 3.11. The maximum Gasteiger partial charge on any atom is 0.453 e. The molecule has 1 aliphatic carbocycles.